The number of allylic oxidation sites excluding steroid dienone is 2. The van der Waals surface area contributed by atoms with Crippen molar-refractivity contribution in [3.8, 4) is 0 Å². The Morgan fingerprint density at radius 3 is 2.50 bits per heavy atom. The van der Waals surface area contributed by atoms with Crippen LogP contribution in [0.25, 0.3) is 0 Å². The van der Waals surface area contributed by atoms with E-state index in [4.69, 9.17) is 10.2 Å². The van der Waals surface area contributed by atoms with Crippen molar-refractivity contribution in [3.05, 3.63) is 12.2 Å². The van der Waals surface area contributed by atoms with Crippen molar-refractivity contribution in [1.29, 1.82) is 0 Å². The maximum atomic E-state index is 9.02. The molecule has 2 aliphatic rings. The summed E-state index contributed by atoms with van der Waals surface area (Å²) in [7, 11) is 0. The first kappa shape index (κ1) is 12.1. The van der Waals surface area contributed by atoms with Gasteiger partial charge in [0.05, 0.1) is 6.61 Å². The fraction of sp³-hybridized carbons (Fsp3) is 0.846. The molecule has 2 N–H and O–H groups in total. The summed E-state index contributed by atoms with van der Waals surface area (Å²) in [6.07, 6.45) is 8.23. The first-order valence-corrected chi connectivity index (χ1v) is 6.46. The van der Waals surface area contributed by atoms with Crippen molar-refractivity contribution in [2.24, 2.45) is 17.8 Å². The van der Waals surface area contributed by atoms with Gasteiger partial charge in [-0.3, -0.25) is 0 Å². The maximum absolute atomic E-state index is 9.02. The molecule has 0 radical (unpaired) electrons. The van der Waals surface area contributed by atoms with Gasteiger partial charge in [-0.15, -0.1) is 0 Å². The minimum atomic E-state index is 0.224. The van der Waals surface area contributed by atoms with E-state index in [0.29, 0.717) is 0 Å². The molecule has 0 heterocycles. The van der Waals surface area contributed by atoms with E-state index in [1.807, 2.05) is 0 Å². The molecule has 16 heavy (non-hydrogen) atoms. The predicted octanol–water partition coefficient (Wildman–Crippen LogP) is 0.875. The van der Waals surface area contributed by atoms with Crippen molar-refractivity contribution in [2.45, 2.75) is 19.3 Å². The third kappa shape index (κ3) is 2.84. The van der Waals surface area contributed by atoms with Crippen LogP contribution in [0.15, 0.2) is 12.2 Å². The van der Waals surface area contributed by atoms with Crippen molar-refractivity contribution in [2.75, 3.05) is 32.8 Å². The highest BCUT2D eigenvalue weighted by molar-refractivity contribution is 5.10. The van der Waals surface area contributed by atoms with E-state index in [0.717, 1.165) is 43.8 Å². The van der Waals surface area contributed by atoms with Gasteiger partial charge >= 0.3 is 0 Å². The Balaban J connectivity index is 1.78. The zero-order chi connectivity index (χ0) is 11.4. The van der Waals surface area contributed by atoms with Crippen molar-refractivity contribution >= 4 is 0 Å². The second-order valence-electron chi connectivity index (χ2n) is 5.14. The number of hydrogen-bond donors (Lipinski definition) is 2. The summed E-state index contributed by atoms with van der Waals surface area (Å²) in [6, 6.07) is 0. The lowest BCUT2D eigenvalue weighted by Crippen LogP contribution is -2.34. The molecule has 0 spiro atoms. The SMILES string of the molecule is OCCCN(CCO)CC1CC2C=CC1C2. The number of aliphatic hydroxyl groups is 2. The first-order chi connectivity index (χ1) is 7.83. The molecule has 0 aromatic heterocycles. The maximum Gasteiger partial charge on any atom is 0.0558 e. The van der Waals surface area contributed by atoms with Crippen LogP contribution in [0, 0.1) is 17.8 Å². The van der Waals surface area contributed by atoms with Crippen LogP contribution >= 0.6 is 0 Å². The number of nitrogens with zero attached hydrogens (tertiary/aromatic N) is 1. The van der Waals surface area contributed by atoms with Crippen LogP contribution in [-0.4, -0.2) is 48.0 Å². The average Bonchev–Trinajstić information content (AvgIpc) is 2.88. The van der Waals surface area contributed by atoms with Gasteiger partial charge < -0.3 is 15.1 Å². The van der Waals surface area contributed by atoms with Crippen LogP contribution in [-0.2, 0) is 0 Å². The molecule has 92 valence electrons. The highest BCUT2D eigenvalue weighted by atomic mass is 16.3. The number of aliphatic hydroxyl groups excluding tert-OH is 2. The smallest absolute Gasteiger partial charge is 0.0558 e. The van der Waals surface area contributed by atoms with Gasteiger partial charge in [0.25, 0.3) is 0 Å². The van der Waals surface area contributed by atoms with E-state index in [9.17, 15) is 0 Å². The fourth-order valence-corrected chi connectivity index (χ4v) is 3.17. The molecular formula is C13H23NO2. The van der Waals surface area contributed by atoms with E-state index in [1.54, 1.807) is 0 Å². The monoisotopic (exact) mass is 225 g/mol. The van der Waals surface area contributed by atoms with E-state index < -0.39 is 0 Å². The van der Waals surface area contributed by atoms with E-state index >= 15 is 0 Å². The van der Waals surface area contributed by atoms with Crippen LogP contribution in [0.3, 0.4) is 0 Å². The van der Waals surface area contributed by atoms with E-state index in [-0.39, 0.29) is 13.2 Å². The highest BCUT2D eigenvalue weighted by Gasteiger charge is 2.36. The van der Waals surface area contributed by atoms with Crippen molar-refractivity contribution < 1.29 is 10.2 Å². The second kappa shape index (κ2) is 5.80. The standard InChI is InChI=1S/C13H23NO2/c15-6-1-4-14(5-7-16)10-13-9-11-2-3-12(13)8-11/h2-3,11-13,15-16H,1,4-10H2. The molecule has 3 atom stereocenters. The molecule has 0 aliphatic heterocycles. The summed E-state index contributed by atoms with van der Waals surface area (Å²) >= 11 is 0. The van der Waals surface area contributed by atoms with Crippen molar-refractivity contribution in [1.82, 2.24) is 4.90 Å². The molecule has 1 saturated carbocycles. The number of fused-ring (bicyclic) bond motifs is 2. The topological polar surface area (TPSA) is 43.7 Å². The predicted molar refractivity (Wildman–Crippen MR) is 64.1 cm³/mol. The lowest BCUT2D eigenvalue weighted by Gasteiger charge is -2.27. The van der Waals surface area contributed by atoms with Gasteiger partial charge in [0.15, 0.2) is 0 Å². The molecule has 0 aromatic carbocycles. The first-order valence-electron chi connectivity index (χ1n) is 6.46. The van der Waals surface area contributed by atoms with Crippen LogP contribution < -0.4 is 0 Å². The molecule has 0 saturated heterocycles. The number of rotatable bonds is 7. The molecule has 0 amide bonds. The summed E-state index contributed by atoms with van der Waals surface area (Å²) in [5.41, 5.74) is 0. The Bertz CT molecular complexity index is 242. The molecule has 2 rings (SSSR count). The zero-order valence-electron chi connectivity index (χ0n) is 9.89. The van der Waals surface area contributed by atoms with Gasteiger partial charge in [-0.25, -0.2) is 0 Å². The van der Waals surface area contributed by atoms with Crippen LogP contribution in [0.5, 0.6) is 0 Å². The Labute approximate surface area is 97.8 Å². The summed E-state index contributed by atoms with van der Waals surface area (Å²) in [6.45, 7) is 3.22. The molecular weight excluding hydrogens is 202 g/mol. The molecule has 1 fully saturated rings. The lowest BCUT2D eigenvalue weighted by atomic mass is 9.93. The quantitative estimate of drug-likeness (QED) is 0.632. The Morgan fingerprint density at radius 2 is 1.94 bits per heavy atom. The minimum absolute atomic E-state index is 0.224. The summed E-state index contributed by atoms with van der Waals surface area (Å²) in [5.74, 6) is 2.38. The summed E-state index contributed by atoms with van der Waals surface area (Å²) in [5, 5.41) is 17.9. The molecule has 2 bridgehead atoms. The van der Waals surface area contributed by atoms with Gasteiger partial charge in [0, 0.05) is 26.2 Å². The van der Waals surface area contributed by atoms with Crippen LogP contribution in [0.2, 0.25) is 0 Å². The Morgan fingerprint density at radius 1 is 1.06 bits per heavy atom. The van der Waals surface area contributed by atoms with Crippen LogP contribution in [0.1, 0.15) is 19.3 Å². The summed E-state index contributed by atoms with van der Waals surface area (Å²) in [4.78, 5) is 2.30. The third-order valence-corrected chi connectivity index (χ3v) is 3.96. The zero-order valence-corrected chi connectivity index (χ0v) is 9.89. The second-order valence-corrected chi connectivity index (χ2v) is 5.14. The summed E-state index contributed by atoms with van der Waals surface area (Å²) < 4.78 is 0. The van der Waals surface area contributed by atoms with Crippen LogP contribution in [0.4, 0.5) is 0 Å². The largest absolute Gasteiger partial charge is 0.396 e. The van der Waals surface area contributed by atoms with Crippen molar-refractivity contribution in [3.63, 3.8) is 0 Å². The fourth-order valence-electron chi connectivity index (χ4n) is 3.17. The average molecular weight is 225 g/mol. The third-order valence-electron chi connectivity index (χ3n) is 3.96. The van der Waals surface area contributed by atoms with Gasteiger partial charge in [-0.05, 0) is 37.0 Å². The Kier molecular flexibility index (Phi) is 4.38. The van der Waals surface area contributed by atoms with Gasteiger partial charge in [0.2, 0.25) is 0 Å². The van der Waals surface area contributed by atoms with Gasteiger partial charge in [0.1, 0.15) is 0 Å². The Hall–Kier alpha value is -0.380. The van der Waals surface area contributed by atoms with E-state index in [2.05, 4.69) is 17.1 Å². The molecule has 3 heteroatoms. The van der Waals surface area contributed by atoms with E-state index in [1.165, 1.54) is 12.8 Å². The molecule has 3 nitrogen and oxygen atoms in total. The molecule has 0 aromatic rings. The highest BCUT2D eigenvalue weighted by Crippen LogP contribution is 2.43. The molecule has 3 unspecified atom stereocenters. The lowest BCUT2D eigenvalue weighted by molar-refractivity contribution is 0.154. The molecule has 2 aliphatic carbocycles. The number of hydrogen-bond acceptors (Lipinski definition) is 3. The minimum Gasteiger partial charge on any atom is -0.396 e. The van der Waals surface area contributed by atoms with Gasteiger partial charge in [-0.1, -0.05) is 12.2 Å². The van der Waals surface area contributed by atoms with Gasteiger partial charge in [-0.2, -0.15) is 0 Å². The normalized spacial score (nSPS) is 31.8.